The van der Waals surface area contributed by atoms with Gasteiger partial charge in [0.2, 0.25) is 0 Å². The zero-order chi connectivity index (χ0) is 12.4. The molecule has 17 heavy (non-hydrogen) atoms. The Labute approximate surface area is 116 Å². The second-order valence-electron chi connectivity index (χ2n) is 3.57. The van der Waals surface area contributed by atoms with Crippen LogP contribution in [0.15, 0.2) is 39.5 Å². The summed E-state index contributed by atoms with van der Waals surface area (Å²) < 4.78 is 3.48. The summed E-state index contributed by atoms with van der Waals surface area (Å²) in [6.45, 7) is 2.74. The number of aryl methyl sites for hydroxylation is 1. The summed E-state index contributed by atoms with van der Waals surface area (Å²) in [6, 6.07) is 5.50. The SMILES string of the molecule is CCn1cc(C(=O)c2cc(Br)cc(Br)c2)cn1. The molecular weight excluding hydrogens is 348 g/mol. The van der Waals surface area contributed by atoms with Crippen LogP contribution in [0.5, 0.6) is 0 Å². The number of hydrogen-bond donors (Lipinski definition) is 0. The van der Waals surface area contributed by atoms with Crippen LogP contribution in [-0.4, -0.2) is 15.6 Å². The summed E-state index contributed by atoms with van der Waals surface area (Å²) in [7, 11) is 0. The molecule has 0 atom stereocenters. The van der Waals surface area contributed by atoms with Crippen molar-refractivity contribution in [1.29, 1.82) is 0 Å². The highest BCUT2D eigenvalue weighted by atomic mass is 79.9. The van der Waals surface area contributed by atoms with Gasteiger partial charge in [0, 0.05) is 27.3 Å². The van der Waals surface area contributed by atoms with Gasteiger partial charge in [0.25, 0.3) is 0 Å². The highest BCUT2D eigenvalue weighted by molar-refractivity contribution is 9.11. The molecule has 0 N–H and O–H groups in total. The minimum absolute atomic E-state index is 0.0216. The molecule has 0 fully saturated rings. The predicted molar refractivity (Wildman–Crippen MR) is 73.2 cm³/mol. The maximum Gasteiger partial charge on any atom is 0.196 e. The number of carbonyl (C=O) groups is 1. The van der Waals surface area contributed by atoms with Crippen LogP contribution in [-0.2, 0) is 6.54 Å². The van der Waals surface area contributed by atoms with Gasteiger partial charge < -0.3 is 0 Å². The van der Waals surface area contributed by atoms with Crippen molar-refractivity contribution in [2.45, 2.75) is 13.5 Å². The third-order valence-corrected chi connectivity index (χ3v) is 3.26. The summed E-state index contributed by atoms with van der Waals surface area (Å²) in [5, 5.41) is 4.10. The monoisotopic (exact) mass is 356 g/mol. The second-order valence-corrected chi connectivity index (χ2v) is 5.40. The molecule has 2 rings (SSSR count). The molecule has 3 nitrogen and oxygen atoms in total. The van der Waals surface area contributed by atoms with Crippen molar-refractivity contribution < 1.29 is 4.79 Å². The maximum absolute atomic E-state index is 12.2. The third-order valence-electron chi connectivity index (χ3n) is 2.34. The number of nitrogens with zero attached hydrogens (tertiary/aromatic N) is 2. The lowest BCUT2D eigenvalue weighted by Crippen LogP contribution is -2.00. The first kappa shape index (κ1) is 12.5. The van der Waals surface area contributed by atoms with Gasteiger partial charge in [0.05, 0.1) is 11.8 Å². The Balaban J connectivity index is 2.36. The summed E-state index contributed by atoms with van der Waals surface area (Å²) in [5.41, 5.74) is 1.25. The quantitative estimate of drug-likeness (QED) is 0.785. The van der Waals surface area contributed by atoms with Crippen LogP contribution in [0, 0.1) is 0 Å². The lowest BCUT2D eigenvalue weighted by Gasteiger charge is -2.00. The molecule has 88 valence electrons. The number of benzene rings is 1. The Bertz CT molecular complexity index is 543. The molecule has 0 aliphatic carbocycles. The van der Waals surface area contributed by atoms with E-state index in [1.54, 1.807) is 29.2 Å². The van der Waals surface area contributed by atoms with Crippen molar-refractivity contribution in [2.24, 2.45) is 0 Å². The largest absolute Gasteiger partial charge is 0.288 e. The standard InChI is InChI=1S/C12H10Br2N2O/c1-2-16-7-9(6-15-16)12(17)8-3-10(13)5-11(14)4-8/h3-7H,2H2,1H3. The van der Waals surface area contributed by atoms with Crippen LogP contribution >= 0.6 is 31.9 Å². The molecule has 0 spiro atoms. The van der Waals surface area contributed by atoms with Crippen LogP contribution in [0.4, 0.5) is 0 Å². The van der Waals surface area contributed by atoms with E-state index < -0.39 is 0 Å². The van der Waals surface area contributed by atoms with Crippen LogP contribution in [0.2, 0.25) is 0 Å². The number of hydrogen-bond acceptors (Lipinski definition) is 2. The summed E-state index contributed by atoms with van der Waals surface area (Å²) in [6.07, 6.45) is 3.36. The molecule has 1 aromatic carbocycles. The Kier molecular flexibility index (Phi) is 3.79. The highest BCUT2D eigenvalue weighted by Gasteiger charge is 2.12. The van der Waals surface area contributed by atoms with Gasteiger partial charge in [-0.2, -0.15) is 5.10 Å². The van der Waals surface area contributed by atoms with E-state index in [-0.39, 0.29) is 5.78 Å². The van der Waals surface area contributed by atoms with Crippen molar-refractivity contribution >= 4 is 37.6 Å². The Morgan fingerprint density at radius 1 is 1.24 bits per heavy atom. The van der Waals surface area contributed by atoms with Crippen molar-refractivity contribution in [1.82, 2.24) is 9.78 Å². The van der Waals surface area contributed by atoms with Crippen molar-refractivity contribution in [3.63, 3.8) is 0 Å². The minimum Gasteiger partial charge on any atom is -0.288 e. The van der Waals surface area contributed by atoms with Crippen LogP contribution in [0.3, 0.4) is 0 Å². The highest BCUT2D eigenvalue weighted by Crippen LogP contribution is 2.21. The molecule has 0 aliphatic heterocycles. The minimum atomic E-state index is -0.0216. The number of rotatable bonds is 3. The fourth-order valence-corrected chi connectivity index (χ4v) is 2.80. The molecule has 0 saturated carbocycles. The van der Waals surface area contributed by atoms with Gasteiger partial charge in [-0.25, -0.2) is 0 Å². The number of aromatic nitrogens is 2. The van der Waals surface area contributed by atoms with Gasteiger partial charge >= 0.3 is 0 Å². The molecule has 1 aromatic heterocycles. The van der Waals surface area contributed by atoms with Crippen molar-refractivity contribution in [3.8, 4) is 0 Å². The van der Waals surface area contributed by atoms with Gasteiger partial charge in [-0.05, 0) is 25.1 Å². The smallest absolute Gasteiger partial charge is 0.196 e. The molecular formula is C12H10Br2N2O. The second kappa shape index (κ2) is 5.14. The fourth-order valence-electron chi connectivity index (χ4n) is 1.51. The van der Waals surface area contributed by atoms with Crippen molar-refractivity contribution in [3.05, 3.63) is 50.7 Å². The maximum atomic E-state index is 12.2. The van der Waals surface area contributed by atoms with E-state index in [9.17, 15) is 4.79 Å². The molecule has 0 saturated heterocycles. The number of halogens is 2. The summed E-state index contributed by atoms with van der Waals surface area (Å²) in [5.74, 6) is -0.0216. The van der Waals surface area contributed by atoms with E-state index in [2.05, 4.69) is 37.0 Å². The van der Waals surface area contributed by atoms with E-state index in [4.69, 9.17) is 0 Å². The van der Waals surface area contributed by atoms with E-state index in [1.807, 2.05) is 13.0 Å². The lowest BCUT2D eigenvalue weighted by atomic mass is 10.1. The topological polar surface area (TPSA) is 34.9 Å². The molecule has 1 heterocycles. The first-order valence-electron chi connectivity index (χ1n) is 5.13. The van der Waals surface area contributed by atoms with Gasteiger partial charge in [-0.3, -0.25) is 9.48 Å². The van der Waals surface area contributed by atoms with Crippen LogP contribution in [0.25, 0.3) is 0 Å². The molecule has 0 unspecified atom stereocenters. The van der Waals surface area contributed by atoms with E-state index in [0.717, 1.165) is 15.5 Å². The zero-order valence-corrected chi connectivity index (χ0v) is 12.3. The Morgan fingerprint density at radius 2 is 1.88 bits per heavy atom. The van der Waals surface area contributed by atoms with Gasteiger partial charge in [0.1, 0.15) is 0 Å². The van der Waals surface area contributed by atoms with Gasteiger partial charge in [0.15, 0.2) is 5.78 Å². The molecule has 0 amide bonds. The van der Waals surface area contributed by atoms with Crippen molar-refractivity contribution in [2.75, 3.05) is 0 Å². The first-order chi connectivity index (χ1) is 8.10. The van der Waals surface area contributed by atoms with Gasteiger partial charge in [-0.1, -0.05) is 31.9 Å². The summed E-state index contributed by atoms with van der Waals surface area (Å²) >= 11 is 6.74. The van der Waals surface area contributed by atoms with E-state index in [0.29, 0.717) is 11.1 Å². The normalized spacial score (nSPS) is 10.5. The fraction of sp³-hybridized carbons (Fsp3) is 0.167. The molecule has 0 aliphatic rings. The molecule has 2 aromatic rings. The zero-order valence-electron chi connectivity index (χ0n) is 9.15. The third kappa shape index (κ3) is 2.84. The average Bonchev–Trinajstić information content (AvgIpc) is 2.75. The van der Waals surface area contributed by atoms with Crippen LogP contribution in [0.1, 0.15) is 22.8 Å². The average molecular weight is 358 g/mol. The molecule has 0 bridgehead atoms. The van der Waals surface area contributed by atoms with E-state index in [1.165, 1.54) is 0 Å². The Hall–Kier alpha value is -0.940. The number of carbonyl (C=O) groups excluding carboxylic acids is 1. The Morgan fingerprint density at radius 3 is 2.41 bits per heavy atom. The molecule has 0 radical (unpaired) electrons. The van der Waals surface area contributed by atoms with Gasteiger partial charge in [-0.15, -0.1) is 0 Å². The first-order valence-corrected chi connectivity index (χ1v) is 6.72. The predicted octanol–water partition coefficient (Wildman–Crippen LogP) is 3.66. The van der Waals surface area contributed by atoms with E-state index >= 15 is 0 Å². The molecule has 5 heteroatoms. The van der Waals surface area contributed by atoms with Crippen LogP contribution < -0.4 is 0 Å². The number of ketones is 1. The lowest BCUT2D eigenvalue weighted by molar-refractivity contribution is 0.103. The summed E-state index contributed by atoms with van der Waals surface area (Å²) in [4.78, 5) is 12.2.